The second-order valence-electron chi connectivity index (χ2n) is 5.62. The van der Waals surface area contributed by atoms with Crippen LogP contribution >= 0.6 is 0 Å². The first-order valence-electron chi connectivity index (χ1n) is 7.97. The molecule has 1 fully saturated rings. The minimum atomic E-state index is 0.784. The molecular formula is C17H28N2O2. The summed E-state index contributed by atoms with van der Waals surface area (Å²) in [5.74, 6) is 1.58. The van der Waals surface area contributed by atoms with Gasteiger partial charge in [-0.25, -0.2) is 0 Å². The maximum atomic E-state index is 5.32. The topological polar surface area (TPSA) is 33.7 Å². The largest absolute Gasteiger partial charge is 0.493 e. The lowest BCUT2D eigenvalue weighted by Gasteiger charge is -2.26. The number of rotatable bonds is 8. The first kappa shape index (κ1) is 16.1. The van der Waals surface area contributed by atoms with Crippen molar-refractivity contribution in [2.75, 3.05) is 40.4 Å². The zero-order valence-electron chi connectivity index (χ0n) is 13.4. The summed E-state index contributed by atoms with van der Waals surface area (Å²) in [4.78, 5) is 2.58. The van der Waals surface area contributed by atoms with Gasteiger partial charge in [0, 0.05) is 6.54 Å². The standard InChI is InChI=1S/C17H28N2O2/c1-20-16-8-7-15(13-17(16)21-2)14-18-9-6-12-19-10-4-3-5-11-19/h7-8,13,18H,3-6,9-12,14H2,1-2H3. The third kappa shape index (κ3) is 5.21. The van der Waals surface area contributed by atoms with E-state index in [1.54, 1.807) is 14.2 Å². The molecule has 1 N–H and O–H groups in total. The molecule has 2 rings (SSSR count). The van der Waals surface area contributed by atoms with Gasteiger partial charge in [-0.1, -0.05) is 12.5 Å². The number of hydrogen-bond acceptors (Lipinski definition) is 4. The van der Waals surface area contributed by atoms with Crippen LogP contribution in [-0.4, -0.2) is 45.3 Å². The molecule has 0 radical (unpaired) electrons. The van der Waals surface area contributed by atoms with Crippen molar-refractivity contribution in [3.63, 3.8) is 0 Å². The van der Waals surface area contributed by atoms with Crippen LogP contribution in [0, 0.1) is 0 Å². The first-order valence-corrected chi connectivity index (χ1v) is 7.97. The van der Waals surface area contributed by atoms with Gasteiger partial charge < -0.3 is 19.7 Å². The SMILES string of the molecule is COc1ccc(CNCCCN2CCCCC2)cc1OC. The van der Waals surface area contributed by atoms with Crippen molar-refractivity contribution in [2.24, 2.45) is 0 Å². The van der Waals surface area contributed by atoms with Crippen molar-refractivity contribution in [1.29, 1.82) is 0 Å². The van der Waals surface area contributed by atoms with Crippen molar-refractivity contribution in [2.45, 2.75) is 32.2 Å². The average molecular weight is 292 g/mol. The van der Waals surface area contributed by atoms with Crippen LogP contribution in [0.3, 0.4) is 0 Å². The van der Waals surface area contributed by atoms with E-state index in [1.165, 1.54) is 50.9 Å². The highest BCUT2D eigenvalue weighted by atomic mass is 16.5. The van der Waals surface area contributed by atoms with Crippen molar-refractivity contribution < 1.29 is 9.47 Å². The van der Waals surface area contributed by atoms with Crippen LogP contribution in [0.2, 0.25) is 0 Å². The molecule has 118 valence electrons. The molecule has 1 aliphatic heterocycles. The number of methoxy groups -OCH3 is 2. The summed E-state index contributed by atoms with van der Waals surface area (Å²) in [6.45, 7) is 5.73. The van der Waals surface area contributed by atoms with Gasteiger partial charge in [-0.2, -0.15) is 0 Å². The van der Waals surface area contributed by atoms with Gasteiger partial charge in [-0.3, -0.25) is 0 Å². The van der Waals surface area contributed by atoms with E-state index in [4.69, 9.17) is 9.47 Å². The maximum absolute atomic E-state index is 5.32. The van der Waals surface area contributed by atoms with Crippen LogP contribution in [0.1, 0.15) is 31.2 Å². The quantitative estimate of drug-likeness (QED) is 0.747. The Labute approximate surface area is 128 Å². The van der Waals surface area contributed by atoms with E-state index in [2.05, 4.69) is 16.3 Å². The molecule has 4 heteroatoms. The van der Waals surface area contributed by atoms with E-state index in [9.17, 15) is 0 Å². The number of likely N-dealkylation sites (tertiary alicyclic amines) is 1. The Morgan fingerprint density at radius 1 is 1.05 bits per heavy atom. The Morgan fingerprint density at radius 2 is 1.81 bits per heavy atom. The van der Waals surface area contributed by atoms with Gasteiger partial charge in [0.25, 0.3) is 0 Å². The molecule has 0 bridgehead atoms. The number of nitrogens with zero attached hydrogens (tertiary/aromatic N) is 1. The third-order valence-corrected chi connectivity index (χ3v) is 4.05. The lowest BCUT2D eigenvalue weighted by Crippen LogP contribution is -2.32. The summed E-state index contributed by atoms with van der Waals surface area (Å²) in [6.07, 6.45) is 5.37. The van der Waals surface area contributed by atoms with Crippen LogP contribution in [0.15, 0.2) is 18.2 Å². The van der Waals surface area contributed by atoms with E-state index < -0.39 is 0 Å². The van der Waals surface area contributed by atoms with E-state index >= 15 is 0 Å². The zero-order valence-corrected chi connectivity index (χ0v) is 13.4. The monoisotopic (exact) mass is 292 g/mol. The molecular weight excluding hydrogens is 264 g/mol. The maximum Gasteiger partial charge on any atom is 0.161 e. The fraction of sp³-hybridized carbons (Fsp3) is 0.647. The molecule has 1 aliphatic rings. The van der Waals surface area contributed by atoms with E-state index in [0.717, 1.165) is 24.6 Å². The number of piperidine rings is 1. The lowest BCUT2D eigenvalue weighted by atomic mass is 10.1. The average Bonchev–Trinajstić information content (AvgIpc) is 2.55. The van der Waals surface area contributed by atoms with Crippen molar-refractivity contribution in [3.05, 3.63) is 23.8 Å². The highest BCUT2D eigenvalue weighted by molar-refractivity contribution is 5.42. The summed E-state index contributed by atoms with van der Waals surface area (Å²) in [6, 6.07) is 6.08. The molecule has 1 aromatic rings. The van der Waals surface area contributed by atoms with Crippen LogP contribution in [0.5, 0.6) is 11.5 Å². The van der Waals surface area contributed by atoms with Gasteiger partial charge in [0.2, 0.25) is 0 Å². The summed E-state index contributed by atoms with van der Waals surface area (Å²) < 4.78 is 10.6. The van der Waals surface area contributed by atoms with Crippen LogP contribution in [-0.2, 0) is 6.54 Å². The summed E-state index contributed by atoms with van der Waals surface area (Å²) in [7, 11) is 3.34. The smallest absolute Gasteiger partial charge is 0.161 e. The summed E-state index contributed by atoms with van der Waals surface area (Å²) in [5.41, 5.74) is 1.23. The fourth-order valence-electron chi connectivity index (χ4n) is 2.83. The molecule has 1 heterocycles. The van der Waals surface area contributed by atoms with E-state index in [-0.39, 0.29) is 0 Å². The molecule has 0 spiro atoms. The van der Waals surface area contributed by atoms with E-state index in [0.29, 0.717) is 0 Å². The van der Waals surface area contributed by atoms with Crippen LogP contribution in [0.25, 0.3) is 0 Å². The fourth-order valence-corrected chi connectivity index (χ4v) is 2.83. The molecule has 0 aromatic heterocycles. The van der Waals surface area contributed by atoms with Gasteiger partial charge >= 0.3 is 0 Å². The highest BCUT2D eigenvalue weighted by Gasteiger charge is 2.09. The van der Waals surface area contributed by atoms with Crippen molar-refractivity contribution in [1.82, 2.24) is 10.2 Å². The second kappa shape index (κ2) is 8.90. The van der Waals surface area contributed by atoms with Crippen molar-refractivity contribution >= 4 is 0 Å². The second-order valence-corrected chi connectivity index (χ2v) is 5.62. The van der Waals surface area contributed by atoms with Gasteiger partial charge in [0.1, 0.15) is 0 Å². The van der Waals surface area contributed by atoms with Gasteiger partial charge in [-0.05, 0) is 63.1 Å². The predicted octanol–water partition coefficient (Wildman–Crippen LogP) is 2.67. The van der Waals surface area contributed by atoms with Gasteiger partial charge in [0.05, 0.1) is 14.2 Å². The zero-order chi connectivity index (χ0) is 14.9. The number of ether oxygens (including phenoxy) is 2. The molecule has 0 aliphatic carbocycles. The van der Waals surface area contributed by atoms with E-state index in [1.807, 2.05) is 12.1 Å². The molecule has 0 saturated carbocycles. The number of hydrogen-bond donors (Lipinski definition) is 1. The Bertz CT molecular complexity index is 417. The normalized spacial score (nSPS) is 15.9. The predicted molar refractivity (Wildman–Crippen MR) is 86.2 cm³/mol. The molecule has 21 heavy (non-hydrogen) atoms. The molecule has 0 amide bonds. The molecule has 4 nitrogen and oxygen atoms in total. The minimum absolute atomic E-state index is 0.784. The molecule has 1 saturated heterocycles. The summed E-state index contributed by atoms with van der Waals surface area (Å²) in [5, 5.41) is 3.51. The van der Waals surface area contributed by atoms with Gasteiger partial charge in [0.15, 0.2) is 11.5 Å². The molecule has 0 atom stereocenters. The third-order valence-electron chi connectivity index (χ3n) is 4.05. The Balaban J connectivity index is 1.66. The number of benzene rings is 1. The van der Waals surface area contributed by atoms with Crippen LogP contribution in [0.4, 0.5) is 0 Å². The van der Waals surface area contributed by atoms with Crippen molar-refractivity contribution in [3.8, 4) is 11.5 Å². The first-order chi connectivity index (χ1) is 10.3. The Kier molecular flexibility index (Phi) is 6.83. The molecule has 0 unspecified atom stereocenters. The Hall–Kier alpha value is -1.26. The number of nitrogens with one attached hydrogen (secondary N) is 1. The summed E-state index contributed by atoms with van der Waals surface area (Å²) >= 11 is 0. The lowest BCUT2D eigenvalue weighted by molar-refractivity contribution is 0.225. The van der Waals surface area contributed by atoms with Crippen LogP contribution < -0.4 is 14.8 Å². The highest BCUT2D eigenvalue weighted by Crippen LogP contribution is 2.27. The molecule has 1 aromatic carbocycles. The minimum Gasteiger partial charge on any atom is -0.493 e. The Morgan fingerprint density at radius 3 is 2.52 bits per heavy atom. The van der Waals surface area contributed by atoms with Gasteiger partial charge in [-0.15, -0.1) is 0 Å².